The molecule has 1 heterocycles. The van der Waals surface area contributed by atoms with E-state index in [4.69, 9.17) is 10.8 Å². The van der Waals surface area contributed by atoms with Gasteiger partial charge in [-0.05, 0) is 6.92 Å². The van der Waals surface area contributed by atoms with Crippen molar-refractivity contribution >= 4 is 11.8 Å². The monoisotopic (exact) mass is 170 g/mol. The van der Waals surface area contributed by atoms with Crippen LogP contribution in [0.1, 0.15) is 6.92 Å². The van der Waals surface area contributed by atoms with E-state index in [1.807, 2.05) is 0 Å². The molecule has 5 nitrogen and oxygen atoms in total. The zero-order chi connectivity index (χ0) is 9.14. The van der Waals surface area contributed by atoms with Crippen LogP contribution in [0.25, 0.3) is 0 Å². The second-order valence-electron chi connectivity index (χ2n) is 2.24. The van der Waals surface area contributed by atoms with Gasteiger partial charge in [0.1, 0.15) is 17.2 Å². The Labute approximate surface area is 69.5 Å². The Balaban J connectivity index is 2.80. The molecular weight excluding hydrogens is 160 g/mol. The summed E-state index contributed by atoms with van der Waals surface area (Å²) in [6.45, 7) is 2.00. The van der Waals surface area contributed by atoms with E-state index in [9.17, 15) is 4.79 Å². The molecule has 12 heavy (non-hydrogen) atoms. The topological polar surface area (TPSA) is 84.9 Å². The number of amidine groups is 1. The number of hydrogen-bond acceptors (Lipinski definition) is 5. The molecule has 1 aliphatic rings. The van der Waals surface area contributed by atoms with E-state index >= 15 is 0 Å². The van der Waals surface area contributed by atoms with Gasteiger partial charge in [-0.3, -0.25) is 4.99 Å². The van der Waals surface area contributed by atoms with Crippen molar-refractivity contribution in [3.05, 3.63) is 11.3 Å². The first-order valence-electron chi connectivity index (χ1n) is 3.56. The average molecular weight is 170 g/mol. The number of ether oxygens (including phenoxy) is 1. The number of esters is 1. The largest absolute Gasteiger partial charge is 0.509 e. The van der Waals surface area contributed by atoms with Crippen molar-refractivity contribution in [1.82, 2.24) is 0 Å². The molecule has 5 heteroatoms. The highest BCUT2D eigenvalue weighted by Gasteiger charge is 2.24. The number of aliphatic imine (C=N–C) groups is 1. The molecule has 0 bridgehead atoms. The Kier molecular flexibility index (Phi) is 2.32. The van der Waals surface area contributed by atoms with Gasteiger partial charge in [0.15, 0.2) is 0 Å². The van der Waals surface area contributed by atoms with Crippen molar-refractivity contribution < 1.29 is 14.6 Å². The van der Waals surface area contributed by atoms with Crippen LogP contribution < -0.4 is 5.73 Å². The normalized spacial score (nSPS) is 16.2. The van der Waals surface area contributed by atoms with Gasteiger partial charge in [-0.1, -0.05) is 0 Å². The summed E-state index contributed by atoms with van der Waals surface area (Å²) in [5, 5.41) is 9.14. The van der Waals surface area contributed by atoms with Crippen LogP contribution in [0, 0.1) is 0 Å². The van der Waals surface area contributed by atoms with Gasteiger partial charge in [0.2, 0.25) is 0 Å². The first-order chi connectivity index (χ1) is 5.66. The number of hydrogen-bond donors (Lipinski definition) is 2. The zero-order valence-corrected chi connectivity index (χ0v) is 6.70. The van der Waals surface area contributed by atoms with E-state index < -0.39 is 5.97 Å². The van der Waals surface area contributed by atoms with E-state index in [0.29, 0.717) is 0 Å². The number of nitrogens with zero attached hydrogens (tertiary/aromatic N) is 1. The molecular formula is C7H10N2O3. The van der Waals surface area contributed by atoms with E-state index in [1.165, 1.54) is 0 Å². The molecule has 0 aliphatic carbocycles. The van der Waals surface area contributed by atoms with Crippen molar-refractivity contribution in [1.29, 1.82) is 0 Å². The van der Waals surface area contributed by atoms with E-state index in [2.05, 4.69) is 9.73 Å². The van der Waals surface area contributed by atoms with Crippen molar-refractivity contribution in [3.63, 3.8) is 0 Å². The molecule has 0 saturated carbocycles. The molecule has 0 aromatic heterocycles. The molecule has 0 unspecified atom stereocenters. The van der Waals surface area contributed by atoms with E-state index in [-0.39, 0.29) is 30.3 Å². The lowest BCUT2D eigenvalue weighted by atomic mass is 10.2. The summed E-state index contributed by atoms with van der Waals surface area (Å²) in [6.07, 6.45) is 0. The molecule has 0 radical (unpaired) electrons. The third-order valence-electron chi connectivity index (χ3n) is 1.42. The summed E-state index contributed by atoms with van der Waals surface area (Å²) >= 11 is 0. The number of aliphatic hydroxyl groups excluding tert-OH is 1. The predicted octanol–water partition coefficient (Wildman–Crippen LogP) is -0.268. The lowest BCUT2D eigenvalue weighted by Crippen LogP contribution is -2.21. The molecule has 0 fully saturated rings. The Morgan fingerprint density at radius 2 is 2.50 bits per heavy atom. The van der Waals surface area contributed by atoms with Crippen LogP contribution in [0.15, 0.2) is 16.3 Å². The first-order valence-corrected chi connectivity index (χ1v) is 3.56. The third-order valence-corrected chi connectivity index (χ3v) is 1.42. The minimum Gasteiger partial charge on any atom is -0.509 e. The van der Waals surface area contributed by atoms with Crippen LogP contribution in [0.5, 0.6) is 0 Å². The highest BCUT2D eigenvalue weighted by molar-refractivity contribution is 6.19. The molecule has 3 N–H and O–H groups in total. The highest BCUT2D eigenvalue weighted by atomic mass is 16.5. The summed E-state index contributed by atoms with van der Waals surface area (Å²) in [4.78, 5) is 14.7. The summed E-state index contributed by atoms with van der Waals surface area (Å²) in [5.41, 5.74) is 5.33. The smallest absolute Gasteiger partial charge is 0.345 e. The van der Waals surface area contributed by atoms with E-state index in [1.54, 1.807) is 6.92 Å². The minimum atomic E-state index is -0.617. The van der Waals surface area contributed by atoms with Crippen molar-refractivity contribution in [2.75, 3.05) is 13.2 Å². The number of carbonyl (C=O) groups is 1. The van der Waals surface area contributed by atoms with Gasteiger partial charge in [0.05, 0.1) is 13.2 Å². The number of carbonyl (C=O) groups excluding carboxylic acids is 1. The molecule has 0 aromatic carbocycles. The van der Waals surface area contributed by atoms with Crippen molar-refractivity contribution in [2.24, 2.45) is 10.7 Å². The zero-order valence-electron chi connectivity index (χ0n) is 6.70. The van der Waals surface area contributed by atoms with Crippen LogP contribution in [0.4, 0.5) is 0 Å². The van der Waals surface area contributed by atoms with Gasteiger partial charge in [-0.15, -0.1) is 0 Å². The molecule has 0 atom stereocenters. The Hall–Kier alpha value is -1.52. The summed E-state index contributed by atoms with van der Waals surface area (Å²) in [5.74, 6) is -0.689. The van der Waals surface area contributed by atoms with Crippen molar-refractivity contribution in [2.45, 2.75) is 6.92 Å². The van der Waals surface area contributed by atoms with Crippen LogP contribution in [0.2, 0.25) is 0 Å². The maximum absolute atomic E-state index is 11.1. The summed E-state index contributed by atoms with van der Waals surface area (Å²) in [7, 11) is 0. The van der Waals surface area contributed by atoms with Gasteiger partial charge in [-0.2, -0.15) is 0 Å². The quantitative estimate of drug-likeness (QED) is 0.559. The van der Waals surface area contributed by atoms with Crippen LogP contribution in [-0.4, -0.2) is 30.1 Å². The minimum absolute atomic E-state index is 0.00292. The Morgan fingerprint density at radius 1 is 1.83 bits per heavy atom. The molecule has 66 valence electrons. The fraction of sp³-hybridized carbons (Fsp3) is 0.429. The summed E-state index contributed by atoms with van der Waals surface area (Å²) < 4.78 is 4.65. The summed E-state index contributed by atoms with van der Waals surface area (Å²) in [6, 6.07) is 0. The van der Waals surface area contributed by atoms with E-state index in [0.717, 1.165) is 0 Å². The highest BCUT2D eigenvalue weighted by Crippen LogP contribution is 2.11. The lowest BCUT2D eigenvalue weighted by Gasteiger charge is -2.02. The van der Waals surface area contributed by atoms with Gasteiger partial charge < -0.3 is 15.6 Å². The van der Waals surface area contributed by atoms with Gasteiger partial charge >= 0.3 is 5.97 Å². The third kappa shape index (κ3) is 1.39. The number of nitrogens with two attached hydrogens (primary N) is 1. The second kappa shape index (κ2) is 3.25. The molecule has 0 saturated heterocycles. The predicted molar refractivity (Wildman–Crippen MR) is 42.8 cm³/mol. The SMILES string of the molecule is CCOC(=O)C1=C(O)CN=C1N. The molecule has 0 aromatic rings. The maximum atomic E-state index is 11.1. The molecule has 1 rings (SSSR count). The van der Waals surface area contributed by atoms with Crippen LogP contribution in [-0.2, 0) is 9.53 Å². The molecule has 0 amide bonds. The maximum Gasteiger partial charge on any atom is 0.345 e. The number of rotatable bonds is 2. The average Bonchev–Trinajstić information content (AvgIpc) is 2.32. The second-order valence-corrected chi connectivity index (χ2v) is 2.24. The fourth-order valence-electron chi connectivity index (χ4n) is 0.892. The Bertz CT molecular complexity index is 268. The van der Waals surface area contributed by atoms with Crippen molar-refractivity contribution in [3.8, 4) is 0 Å². The molecule has 1 aliphatic heterocycles. The lowest BCUT2D eigenvalue weighted by molar-refractivity contribution is -0.138. The number of aliphatic hydroxyl groups is 1. The van der Waals surface area contributed by atoms with Gasteiger partial charge in [-0.25, -0.2) is 4.79 Å². The standard InChI is InChI=1S/C7H10N2O3/c1-2-12-7(11)5-4(10)3-9-6(5)8/h10H,2-3H2,1H3,(H2,8,9). The van der Waals surface area contributed by atoms with Gasteiger partial charge in [0, 0.05) is 0 Å². The first kappa shape index (κ1) is 8.58. The Morgan fingerprint density at radius 3 is 2.92 bits per heavy atom. The van der Waals surface area contributed by atoms with Crippen LogP contribution >= 0.6 is 0 Å². The van der Waals surface area contributed by atoms with Gasteiger partial charge in [0.25, 0.3) is 0 Å². The van der Waals surface area contributed by atoms with Crippen LogP contribution in [0.3, 0.4) is 0 Å². The fourth-order valence-corrected chi connectivity index (χ4v) is 0.892. The molecule has 0 spiro atoms.